The SMILES string of the molecule is CC[C@H]1CN(C(=O)c2cn(-c3ccccc3)nc2-c2ccc(OC)cc2)CCO1. The van der Waals surface area contributed by atoms with Crippen molar-refractivity contribution in [2.45, 2.75) is 19.4 Å². The number of benzene rings is 2. The lowest BCUT2D eigenvalue weighted by Gasteiger charge is -2.32. The number of para-hydroxylation sites is 1. The predicted octanol–water partition coefficient (Wildman–Crippen LogP) is 3.80. The topological polar surface area (TPSA) is 56.6 Å². The first-order valence-electron chi connectivity index (χ1n) is 9.90. The van der Waals surface area contributed by atoms with E-state index in [4.69, 9.17) is 14.6 Å². The molecule has 2 aromatic carbocycles. The van der Waals surface area contributed by atoms with E-state index in [0.29, 0.717) is 31.0 Å². The minimum atomic E-state index is -0.0141. The summed E-state index contributed by atoms with van der Waals surface area (Å²) in [5.41, 5.74) is 3.05. The number of morpholine rings is 1. The number of methoxy groups -OCH3 is 1. The molecule has 0 spiro atoms. The Morgan fingerprint density at radius 2 is 1.93 bits per heavy atom. The third-order valence-corrected chi connectivity index (χ3v) is 5.21. The quantitative estimate of drug-likeness (QED) is 0.664. The van der Waals surface area contributed by atoms with Crippen LogP contribution in [0.3, 0.4) is 0 Å². The van der Waals surface area contributed by atoms with Crippen molar-refractivity contribution in [3.63, 3.8) is 0 Å². The van der Waals surface area contributed by atoms with Crippen LogP contribution in [0, 0.1) is 0 Å². The van der Waals surface area contributed by atoms with Crippen LogP contribution in [0.2, 0.25) is 0 Å². The molecular formula is C23H25N3O3. The van der Waals surface area contributed by atoms with E-state index < -0.39 is 0 Å². The van der Waals surface area contributed by atoms with Crippen molar-refractivity contribution in [3.8, 4) is 22.7 Å². The molecule has 0 unspecified atom stereocenters. The Labute approximate surface area is 170 Å². The van der Waals surface area contributed by atoms with Crippen LogP contribution in [0.5, 0.6) is 5.75 Å². The van der Waals surface area contributed by atoms with Gasteiger partial charge in [-0.05, 0) is 42.8 Å². The first-order valence-corrected chi connectivity index (χ1v) is 9.90. The maximum atomic E-state index is 13.4. The first kappa shape index (κ1) is 19.2. The molecule has 1 aromatic heterocycles. The standard InChI is InChI=1S/C23H25N3O3/c1-3-19-15-25(13-14-29-19)23(27)21-16-26(18-7-5-4-6-8-18)24-22(21)17-9-11-20(28-2)12-10-17/h4-12,16,19H,3,13-15H2,1-2H3/t19-/m0/s1. The highest BCUT2D eigenvalue weighted by atomic mass is 16.5. The number of aromatic nitrogens is 2. The molecule has 1 aliphatic heterocycles. The van der Waals surface area contributed by atoms with Gasteiger partial charge < -0.3 is 14.4 Å². The minimum Gasteiger partial charge on any atom is -0.497 e. The molecule has 0 N–H and O–H groups in total. The molecule has 0 saturated carbocycles. The van der Waals surface area contributed by atoms with Crippen LogP contribution in [0.4, 0.5) is 0 Å². The summed E-state index contributed by atoms with van der Waals surface area (Å²) in [6.07, 6.45) is 2.80. The van der Waals surface area contributed by atoms with Gasteiger partial charge >= 0.3 is 0 Å². The number of amides is 1. The summed E-state index contributed by atoms with van der Waals surface area (Å²) >= 11 is 0. The molecule has 1 amide bonds. The van der Waals surface area contributed by atoms with Crippen molar-refractivity contribution < 1.29 is 14.3 Å². The highest BCUT2D eigenvalue weighted by Crippen LogP contribution is 2.27. The molecule has 6 nitrogen and oxygen atoms in total. The first-order chi connectivity index (χ1) is 14.2. The predicted molar refractivity (Wildman–Crippen MR) is 111 cm³/mol. The monoisotopic (exact) mass is 391 g/mol. The fraction of sp³-hybridized carbons (Fsp3) is 0.304. The van der Waals surface area contributed by atoms with Crippen LogP contribution >= 0.6 is 0 Å². The van der Waals surface area contributed by atoms with Crippen LogP contribution in [-0.2, 0) is 4.74 Å². The van der Waals surface area contributed by atoms with Crippen molar-refractivity contribution in [2.24, 2.45) is 0 Å². The van der Waals surface area contributed by atoms with Gasteiger partial charge in [0.2, 0.25) is 0 Å². The molecule has 4 rings (SSSR count). The van der Waals surface area contributed by atoms with Crippen LogP contribution < -0.4 is 4.74 Å². The minimum absolute atomic E-state index is 0.0141. The van der Waals surface area contributed by atoms with E-state index in [1.807, 2.05) is 65.7 Å². The summed E-state index contributed by atoms with van der Waals surface area (Å²) in [7, 11) is 1.64. The molecular weight excluding hydrogens is 366 g/mol. The van der Waals surface area contributed by atoms with Crippen molar-refractivity contribution in [2.75, 3.05) is 26.8 Å². The third kappa shape index (κ3) is 4.03. The van der Waals surface area contributed by atoms with Gasteiger partial charge in [-0.1, -0.05) is 25.1 Å². The highest BCUT2D eigenvalue weighted by molar-refractivity contribution is 6.00. The molecule has 1 aliphatic rings. The van der Waals surface area contributed by atoms with E-state index in [9.17, 15) is 4.79 Å². The zero-order chi connectivity index (χ0) is 20.2. The summed E-state index contributed by atoms with van der Waals surface area (Å²) in [6.45, 7) is 3.84. The Balaban J connectivity index is 1.74. The van der Waals surface area contributed by atoms with Gasteiger partial charge in [0, 0.05) is 24.8 Å². The van der Waals surface area contributed by atoms with Gasteiger partial charge in [0.15, 0.2) is 0 Å². The Hall–Kier alpha value is -3.12. The molecule has 0 aliphatic carbocycles. The molecule has 3 aromatic rings. The average Bonchev–Trinajstić information content (AvgIpc) is 3.24. The van der Waals surface area contributed by atoms with Crippen LogP contribution in [-0.4, -0.2) is 53.5 Å². The molecule has 0 bridgehead atoms. The van der Waals surface area contributed by atoms with E-state index in [2.05, 4.69) is 6.92 Å². The lowest BCUT2D eigenvalue weighted by atomic mass is 10.1. The molecule has 150 valence electrons. The molecule has 2 heterocycles. The Morgan fingerprint density at radius 3 is 2.62 bits per heavy atom. The lowest BCUT2D eigenvalue weighted by Crippen LogP contribution is -2.45. The zero-order valence-corrected chi connectivity index (χ0v) is 16.7. The van der Waals surface area contributed by atoms with E-state index in [1.54, 1.807) is 11.8 Å². The van der Waals surface area contributed by atoms with Crippen LogP contribution in [0.25, 0.3) is 16.9 Å². The molecule has 29 heavy (non-hydrogen) atoms. The van der Waals surface area contributed by atoms with Crippen molar-refractivity contribution in [3.05, 3.63) is 66.4 Å². The second-order valence-electron chi connectivity index (χ2n) is 7.05. The van der Waals surface area contributed by atoms with Gasteiger partial charge in [-0.2, -0.15) is 5.10 Å². The van der Waals surface area contributed by atoms with E-state index in [-0.39, 0.29) is 12.0 Å². The average molecular weight is 391 g/mol. The number of rotatable bonds is 5. The van der Waals surface area contributed by atoms with Gasteiger partial charge in [-0.3, -0.25) is 4.79 Å². The van der Waals surface area contributed by atoms with E-state index in [0.717, 1.165) is 23.4 Å². The van der Waals surface area contributed by atoms with Crippen molar-refractivity contribution >= 4 is 5.91 Å². The molecule has 6 heteroatoms. The number of hydrogen-bond acceptors (Lipinski definition) is 4. The highest BCUT2D eigenvalue weighted by Gasteiger charge is 2.28. The van der Waals surface area contributed by atoms with Crippen molar-refractivity contribution in [1.29, 1.82) is 0 Å². The molecule has 0 radical (unpaired) electrons. The summed E-state index contributed by atoms with van der Waals surface area (Å²) in [5, 5.41) is 4.76. The fourth-order valence-corrected chi connectivity index (χ4v) is 3.53. The zero-order valence-electron chi connectivity index (χ0n) is 16.7. The second-order valence-corrected chi connectivity index (χ2v) is 7.05. The Morgan fingerprint density at radius 1 is 1.17 bits per heavy atom. The second kappa shape index (κ2) is 8.49. The van der Waals surface area contributed by atoms with E-state index in [1.165, 1.54) is 0 Å². The van der Waals surface area contributed by atoms with Gasteiger partial charge in [0.05, 0.1) is 31.1 Å². The lowest BCUT2D eigenvalue weighted by molar-refractivity contribution is -0.0226. The molecule has 1 fully saturated rings. The fourth-order valence-electron chi connectivity index (χ4n) is 3.53. The molecule has 1 saturated heterocycles. The van der Waals surface area contributed by atoms with Crippen molar-refractivity contribution in [1.82, 2.24) is 14.7 Å². The summed E-state index contributed by atoms with van der Waals surface area (Å²) in [4.78, 5) is 15.3. The number of ether oxygens (including phenoxy) is 2. The summed E-state index contributed by atoms with van der Waals surface area (Å²) < 4.78 is 12.8. The van der Waals surface area contributed by atoms with Gasteiger partial charge in [-0.15, -0.1) is 0 Å². The largest absolute Gasteiger partial charge is 0.497 e. The summed E-state index contributed by atoms with van der Waals surface area (Å²) in [5.74, 6) is 0.753. The number of nitrogens with zero attached hydrogens (tertiary/aromatic N) is 3. The number of carbonyl (C=O) groups excluding carboxylic acids is 1. The van der Waals surface area contributed by atoms with Crippen LogP contribution in [0.1, 0.15) is 23.7 Å². The normalized spacial score (nSPS) is 16.6. The third-order valence-electron chi connectivity index (χ3n) is 5.21. The summed E-state index contributed by atoms with van der Waals surface area (Å²) in [6, 6.07) is 17.4. The number of hydrogen-bond donors (Lipinski definition) is 0. The maximum absolute atomic E-state index is 13.4. The van der Waals surface area contributed by atoms with Gasteiger partial charge in [0.1, 0.15) is 11.4 Å². The van der Waals surface area contributed by atoms with Gasteiger partial charge in [-0.25, -0.2) is 4.68 Å². The van der Waals surface area contributed by atoms with Gasteiger partial charge in [0.25, 0.3) is 5.91 Å². The Kier molecular flexibility index (Phi) is 5.62. The smallest absolute Gasteiger partial charge is 0.257 e. The molecule has 1 atom stereocenters. The van der Waals surface area contributed by atoms with Crippen LogP contribution in [0.15, 0.2) is 60.8 Å². The van der Waals surface area contributed by atoms with E-state index >= 15 is 0 Å². The Bertz CT molecular complexity index is 967. The number of carbonyl (C=O) groups is 1. The maximum Gasteiger partial charge on any atom is 0.257 e.